The molecule has 0 aliphatic carbocycles. The zero-order valence-corrected chi connectivity index (χ0v) is 11.8. The SMILES string of the molecule is O=S(=O)(c1ccccc1F)C1COc2ccccc2C1O. The highest BCUT2D eigenvalue weighted by Gasteiger charge is 2.40. The fourth-order valence-electron chi connectivity index (χ4n) is 2.42. The van der Waals surface area contributed by atoms with Crippen molar-refractivity contribution in [3.8, 4) is 5.75 Å². The van der Waals surface area contributed by atoms with E-state index in [1.807, 2.05) is 0 Å². The van der Waals surface area contributed by atoms with Crippen molar-refractivity contribution < 1.29 is 22.7 Å². The fourth-order valence-corrected chi connectivity index (χ4v) is 4.08. The number of hydrogen-bond donors (Lipinski definition) is 1. The van der Waals surface area contributed by atoms with Gasteiger partial charge >= 0.3 is 0 Å². The lowest BCUT2D eigenvalue weighted by molar-refractivity contribution is 0.119. The van der Waals surface area contributed by atoms with Gasteiger partial charge in [-0.25, -0.2) is 12.8 Å². The lowest BCUT2D eigenvalue weighted by Gasteiger charge is -2.29. The van der Waals surface area contributed by atoms with Crippen LogP contribution in [0.4, 0.5) is 4.39 Å². The molecular formula is C15H13FO4S. The standard InChI is InChI=1S/C15H13FO4S/c16-11-6-2-4-8-13(11)21(18,19)14-9-20-12-7-3-1-5-10(12)15(14)17/h1-8,14-15,17H,9H2. The third-order valence-corrected chi connectivity index (χ3v) is 5.67. The molecule has 0 radical (unpaired) electrons. The summed E-state index contributed by atoms with van der Waals surface area (Å²) in [6, 6.07) is 11.8. The zero-order valence-electron chi connectivity index (χ0n) is 10.9. The molecule has 0 spiro atoms. The van der Waals surface area contributed by atoms with Crippen molar-refractivity contribution in [3.63, 3.8) is 0 Å². The van der Waals surface area contributed by atoms with Crippen LogP contribution in [0.5, 0.6) is 5.75 Å². The number of halogens is 1. The number of rotatable bonds is 2. The fraction of sp³-hybridized carbons (Fsp3) is 0.200. The van der Waals surface area contributed by atoms with Gasteiger partial charge in [-0.3, -0.25) is 0 Å². The Balaban J connectivity index is 2.04. The second-order valence-corrected chi connectivity index (χ2v) is 6.94. The molecule has 2 aromatic carbocycles. The van der Waals surface area contributed by atoms with E-state index in [0.717, 1.165) is 6.07 Å². The van der Waals surface area contributed by atoms with Gasteiger partial charge in [0.25, 0.3) is 0 Å². The molecule has 2 unspecified atom stereocenters. The van der Waals surface area contributed by atoms with E-state index < -0.39 is 31.9 Å². The molecule has 0 amide bonds. The first-order valence-corrected chi connectivity index (χ1v) is 7.94. The summed E-state index contributed by atoms with van der Waals surface area (Å²) < 4.78 is 44.3. The van der Waals surface area contributed by atoms with Crippen LogP contribution >= 0.6 is 0 Å². The van der Waals surface area contributed by atoms with E-state index in [1.54, 1.807) is 24.3 Å². The second kappa shape index (κ2) is 5.13. The van der Waals surface area contributed by atoms with Crippen molar-refractivity contribution >= 4 is 9.84 Å². The number of sulfone groups is 1. The van der Waals surface area contributed by atoms with Gasteiger partial charge in [-0.2, -0.15) is 0 Å². The largest absolute Gasteiger partial charge is 0.492 e. The summed E-state index contributed by atoms with van der Waals surface area (Å²) >= 11 is 0. The van der Waals surface area contributed by atoms with Gasteiger partial charge in [-0.1, -0.05) is 30.3 Å². The summed E-state index contributed by atoms with van der Waals surface area (Å²) in [6.07, 6.45) is -1.25. The van der Waals surface area contributed by atoms with Crippen molar-refractivity contribution in [3.05, 3.63) is 59.9 Å². The van der Waals surface area contributed by atoms with Gasteiger partial charge in [0, 0.05) is 5.56 Å². The van der Waals surface area contributed by atoms with Gasteiger partial charge in [0.1, 0.15) is 34.4 Å². The third-order valence-electron chi connectivity index (χ3n) is 3.53. The minimum atomic E-state index is -4.03. The third kappa shape index (κ3) is 2.30. The van der Waals surface area contributed by atoms with E-state index in [0.29, 0.717) is 11.3 Å². The molecule has 3 rings (SSSR count). The van der Waals surface area contributed by atoms with Crippen molar-refractivity contribution in [1.82, 2.24) is 0 Å². The molecule has 6 heteroatoms. The Labute approximate surface area is 121 Å². The van der Waals surface area contributed by atoms with Crippen LogP contribution in [-0.4, -0.2) is 25.4 Å². The summed E-state index contributed by atoms with van der Waals surface area (Å²) in [5, 5.41) is 9.10. The van der Waals surface area contributed by atoms with E-state index in [4.69, 9.17) is 4.74 Å². The maximum atomic E-state index is 13.8. The molecule has 0 bridgehead atoms. The highest BCUT2D eigenvalue weighted by Crippen LogP contribution is 2.37. The first-order chi connectivity index (χ1) is 10.0. The van der Waals surface area contributed by atoms with Crippen LogP contribution in [0, 0.1) is 5.82 Å². The Bertz CT molecular complexity index is 773. The highest BCUT2D eigenvalue weighted by atomic mass is 32.2. The maximum Gasteiger partial charge on any atom is 0.190 e. The first-order valence-electron chi connectivity index (χ1n) is 6.40. The molecule has 2 aromatic rings. The minimum Gasteiger partial charge on any atom is -0.492 e. The molecule has 4 nitrogen and oxygen atoms in total. The quantitative estimate of drug-likeness (QED) is 0.923. The molecule has 1 heterocycles. The van der Waals surface area contributed by atoms with Gasteiger partial charge < -0.3 is 9.84 Å². The Kier molecular flexibility index (Phi) is 3.43. The monoisotopic (exact) mass is 308 g/mol. The highest BCUT2D eigenvalue weighted by molar-refractivity contribution is 7.92. The molecule has 21 heavy (non-hydrogen) atoms. The van der Waals surface area contributed by atoms with Gasteiger partial charge in [0.15, 0.2) is 9.84 Å². The lowest BCUT2D eigenvalue weighted by Crippen LogP contribution is -2.38. The molecule has 1 N–H and O–H groups in total. The average Bonchev–Trinajstić information content (AvgIpc) is 2.48. The maximum absolute atomic E-state index is 13.8. The number of aliphatic hydroxyl groups is 1. The Morgan fingerprint density at radius 3 is 2.52 bits per heavy atom. The van der Waals surface area contributed by atoms with E-state index in [-0.39, 0.29) is 6.61 Å². The molecule has 0 saturated heterocycles. The van der Waals surface area contributed by atoms with Crippen LogP contribution in [0.25, 0.3) is 0 Å². The summed E-state index contributed by atoms with van der Waals surface area (Å²) in [5.74, 6) is -0.381. The zero-order chi connectivity index (χ0) is 15.0. The summed E-state index contributed by atoms with van der Waals surface area (Å²) in [7, 11) is -4.03. The second-order valence-electron chi connectivity index (χ2n) is 4.81. The number of para-hydroxylation sites is 1. The number of aliphatic hydroxyl groups excluding tert-OH is 1. The molecule has 1 aliphatic rings. The van der Waals surface area contributed by atoms with Crippen molar-refractivity contribution in [2.45, 2.75) is 16.2 Å². The molecule has 110 valence electrons. The molecule has 2 atom stereocenters. The van der Waals surface area contributed by atoms with Crippen LogP contribution in [0.15, 0.2) is 53.4 Å². The van der Waals surface area contributed by atoms with Crippen molar-refractivity contribution in [1.29, 1.82) is 0 Å². The van der Waals surface area contributed by atoms with E-state index >= 15 is 0 Å². The number of hydrogen-bond acceptors (Lipinski definition) is 4. The van der Waals surface area contributed by atoms with Crippen LogP contribution < -0.4 is 4.74 Å². The minimum absolute atomic E-state index is 0.213. The van der Waals surface area contributed by atoms with Gasteiger partial charge in [-0.05, 0) is 18.2 Å². The predicted molar refractivity (Wildman–Crippen MR) is 74.3 cm³/mol. The van der Waals surface area contributed by atoms with Gasteiger partial charge in [-0.15, -0.1) is 0 Å². The van der Waals surface area contributed by atoms with Crippen LogP contribution in [-0.2, 0) is 9.84 Å². The van der Waals surface area contributed by atoms with E-state index in [9.17, 15) is 17.9 Å². The Hall–Kier alpha value is -1.92. The van der Waals surface area contributed by atoms with Crippen LogP contribution in [0.2, 0.25) is 0 Å². The smallest absolute Gasteiger partial charge is 0.190 e. The molecule has 0 fully saturated rings. The van der Waals surface area contributed by atoms with Gasteiger partial charge in [0.2, 0.25) is 0 Å². The van der Waals surface area contributed by atoms with E-state index in [2.05, 4.69) is 0 Å². The van der Waals surface area contributed by atoms with Gasteiger partial charge in [0.05, 0.1) is 0 Å². The predicted octanol–water partition coefficient (Wildman–Crippen LogP) is 2.09. The normalized spacial score (nSPS) is 21.4. The van der Waals surface area contributed by atoms with Crippen molar-refractivity contribution in [2.75, 3.05) is 6.61 Å². The topological polar surface area (TPSA) is 63.6 Å². The van der Waals surface area contributed by atoms with Crippen LogP contribution in [0.1, 0.15) is 11.7 Å². The molecule has 0 saturated carbocycles. The summed E-state index contributed by atoms with van der Waals surface area (Å²) in [6.45, 7) is -0.213. The Morgan fingerprint density at radius 2 is 1.76 bits per heavy atom. The first kappa shape index (κ1) is 14.0. The molecular weight excluding hydrogens is 295 g/mol. The average molecular weight is 308 g/mol. The number of fused-ring (bicyclic) bond motifs is 1. The number of ether oxygens (including phenoxy) is 1. The Morgan fingerprint density at radius 1 is 1.10 bits per heavy atom. The van der Waals surface area contributed by atoms with Crippen molar-refractivity contribution in [2.24, 2.45) is 0 Å². The summed E-state index contributed by atoms with van der Waals surface area (Å²) in [4.78, 5) is -0.419. The van der Waals surface area contributed by atoms with Crippen LogP contribution in [0.3, 0.4) is 0 Å². The lowest BCUT2D eigenvalue weighted by atomic mass is 10.0. The van der Waals surface area contributed by atoms with E-state index in [1.165, 1.54) is 18.2 Å². The summed E-state index contributed by atoms with van der Waals surface area (Å²) in [5.41, 5.74) is 0.397. The number of benzene rings is 2. The molecule has 1 aliphatic heterocycles. The molecule has 0 aromatic heterocycles.